The van der Waals surface area contributed by atoms with Crippen LogP contribution < -0.4 is 5.32 Å². The topological polar surface area (TPSA) is 72.5 Å². The Morgan fingerprint density at radius 1 is 1.08 bits per heavy atom. The number of Topliss-reactive ketones (excluding diaryl/α,β-unsaturated/α-hetero) is 1. The van der Waals surface area contributed by atoms with Crippen molar-refractivity contribution in [1.29, 1.82) is 0 Å². The first-order valence-electron chi connectivity index (χ1n) is 8.02. The van der Waals surface area contributed by atoms with Gasteiger partial charge in [0.05, 0.1) is 0 Å². The van der Waals surface area contributed by atoms with Gasteiger partial charge < -0.3 is 10.1 Å². The number of ether oxygens (including phenoxy) is 1. The van der Waals surface area contributed by atoms with Crippen LogP contribution in [-0.2, 0) is 14.3 Å². The normalized spacial score (nSPS) is 10.5. The molecule has 1 N–H and O–H groups in total. The molecule has 1 amide bonds. The minimum absolute atomic E-state index is 0.102. The summed E-state index contributed by atoms with van der Waals surface area (Å²) in [6.07, 6.45) is 3.27. The lowest BCUT2D eigenvalue weighted by atomic mass is 10.1. The minimum atomic E-state index is -0.596. The highest BCUT2D eigenvalue weighted by atomic mass is 79.9. The van der Waals surface area contributed by atoms with Crippen LogP contribution in [-0.4, -0.2) is 24.3 Å². The summed E-state index contributed by atoms with van der Waals surface area (Å²) in [6, 6.07) is 13.9. The van der Waals surface area contributed by atoms with E-state index in [0.29, 0.717) is 17.7 Å². The number of halogens is 1. The van der Waals surface area contributed by atoms with Gasteiger partial charge in [-0.25, -0.2) is 4.79 Å². The van der Waals surface area contributed by atoms with Crippen LogP contribution in [0.25, 0.3) is 6.08 Å². The van der Waals surface area contributed by atoms with Crippen molar-refractivity contribution < 1.29 is 19.1 Å². The molecule has 0 saturated carbocycles. The van der Waals surface area contributed by atoms with Gasteiger partial charge in [-0.1, -0.05) is 41.1 Å². The second-order valence-electron chi connectivity index (χ2n) is 5.36. The summed E-state index contributed by atoms with van der Waals surface area (Å²) in [6.45, 7) is 1.41. The number of hydrogen-bond acceptors (Lipinski definition) is 4. The highest BCUT2D eigenvalue weighted by molar-refractivity contribution is 9.10. The summed E-state index contributed by atoms with van der Waals surface area (Å²) in [5.41, 5.74) is 1.85. The molecule has 0 unspecified atom stereocenters. The summed E-state index contributed by atoms with van der Waals surface area (Å²) >= 11 is 3.38. The molecule has 0 aromatic heterocycles. The number of rotatable bonds is 7. The third-order valence-electron chi connectivity index (χ3n) is 3.46. The van der Waals surface area contributed by atoms with E-state index in [9.17, 15) is 14.4 Å². The Kier molecular flexibility index (Phi) is 7.29. The van der Waals surface area contributed by atoms with E-state index in [2.05, 4.69) is 21.2 Å². The van der Waals surface area contributed by atoms with Gasteiger partial charge in [-0.2, -0.15) is 0 Å². The molecule has 0 fully saturated rings. The van der Waals surface area contributed by atoms with Crippen LogP contribution in [0.15, 0.2) is 59.1 Å². The first-order valence-corrected chi connectivity index (χ1v) is 8.81. The average molecular weight is 416 g/mol. The number of esters is 1. The van der Waals surface area contributed by atoms with Crippen LogP contribution >= 0.6 is 15.9 Å². The van der Waals surface area contributed by atoms with E-state index in [1.54, 1.807) is 37.3 Å². The highest BCUT2D eigenvalue weighted by Gasteiger charge is 2.09. The number of carbonyl (C=O) groups excluding carboxylic acids is 3. The van der Waals surface area contributed by atoms with Crippen LogP contribution in [0.2, 0.25) is 0 Å². The molecule has 0 spiro atoms. The van der Waals surface area contributed by atoms with Gasteiger partial charge in [0.2, 0.25) is 5.91 Å². The second kappa shape index (κ2) is 9.68. The second-order valence-corrected chi connectivity index (χ2v) is 6.22. The average Bonchev–Trinajstić information content (AvgIpc) is 2.66. The van der Waals surface area contributed by atoms with Crippen molar-refractivity contribution in [2.75, 3.05) is 11.9 Å². The largest absolute Gasteiger partial charge is 0.454 e. The van der Waals surface area contributed by atoms with Gasteiger partial charge in [-0.3, -0.25) is 9.59 Å². The van der Waals surface area contributed by atoms with Crippen molar-refractivity contribution in [3.8, 4) is 0 Å². The summed E-state index contributed by atoms with van der Waals surface area (Å²) in [5, 5.41) is 2.70. The maximum atomic E-state index is 12.1. The first-order chi connectivity index (χ1) is 12.5. The molecule has 0 aliphatic heterocycles. The van der Waals surface area contributed by atoms with E-state index < -0.39 is 5.97 Å². The van der Waals surface area contributed by atoms with Crippen LogP contribution in [0, 0.1) is 0 Å². The molecule has 134 valence electrons. The van der Waals surface area contributed by atoms with E-state index in [-0.39, 0.29) is 18.3 Å². The molecule has 0 radical (unpaired) electrons. The van der Waals surface area contributed by atoms with Gasteiger partial charge in [0.15, 0.2) is 12.4 Å². The number of ketones is 1. The maximum Gasteiger partial charge on any atom is 0.331 e. The lowest BCUT2D eigenvalue weighted by Crippen LogP contribution is -2.13. The third-order valence-corrected chi connectivity index (χ3v) is 4.18. The monoisotopic (exact) mass is 415 g/mol. The molecule has 2 aromatic rings. The predicted octanol–water partition coefficient (Wildman–Crippen LogP) is 4.24. The molecule has 0 heterocycles. The zero-order valence-corrected chi connectivity index (χ0v) is 15.8. The standard InChI is InChI=1S/C20H18BrNO4/c1-2-19(24)22-16-10-7-15(8-11-16)18(23)13-26-20(25)12-9-14-5-3-4-6-17(14)21/h3-12H,2,13H2,1H3,(H,22,24)/b12-9+. The molecule has 26 heavy (non-hydrogen) atoms. The molecule has 2 aromatic carbocycles. The number of hydrogen-bond donors (Lipinski definition) is 1. The Hall–Kier alpha value is -2.73. The van der Waals surface area contributed by atoms with Gasteiger partial charge in [-0.05, 0) is 42.0 Å². The molecule has 0 atom stereocenters. The summed E-state index contributed by atoms with van der Waals surface area (Å²) < 4.78 is 5.83. The zero-order chi connectivity index (χ0) is 18.9. The Bertz CT molecular complexity index is 828. The number of nitrogens with one attached hydrogen (secondary N) is 1. The van der Waals surface area contributed by atoms with Crippen molar-refractivity contribution in [2.24, 2.45) is 0 Å². The van der Waals surface area contributed by atoms with E-state index in [0.717, 1.165) is 10.0 Å². The molecular formula is C20H18BrNO4. The fourth-order valence-corrected chi connectivity index (χ4v) is 2.44. The van der Waals surface area contributed by atoms with Crippen molar-refractivity contribution in [3.63, 3.8) is 0 Å². The maximum absolute atomic E-state index is 12.1. The number of carbonyl (C=O) groups is 3. The summed E-state index contributed by atoms with van der Waals surface area (Å²) in [5.74, 6) is -1.02. The van der Waals surface area contributed by atoms with Gasteiger partial charge in [0.25, 0.3) is 0 Å². The van der Waals surface area contributed by atoms with E-state index in [1.807, 2.05) is 24.3 Å². The minimum Gasteiger partial charge on any atom is -0.454 e. The van der Waals surface area contributed by atoms with Crippen LogP contribution in [0.4, 0.5) is 5.69 Å². The summed E-state index contributed by atoms with van der Waals surface area (Å²) in [4.78, 5) is 35.1. The number of benzene rings is 2. The van der Waals surface area contributed by atoms with Crippen LogP contribution in [0.1, 0.15) is 29.3 Å². The molecule has 5 nitrogen and oxygen atoms in total. The molecule has 0 saturated heterocycles. The molecule has 6 heteroatoms. The Morgan fingerprint density at radius 3 is 2.42 bits per heavy atom. The van der Waals surface area contributed by atoms with Gasteiger partial charge in [-0.15, -0.1) is 0 Å². The van der Waals surface area contributed by atoms with Gasteiger partial charge >= 0.3 is 5.97 Å². The van der Waals surface area contributed by atoms with Crippen molar-refractivity contribution in [3.05, 3.63) is 70.2 Å². The Balaban J connectivity index is 1.87. The Morgan fingerprint density at radius 2 is 1.77 bits per heavy atom. The van der Waals surface area contributed by atoms with Crippen LogP contribution in [0.5, 0.6) is 0 Å². The molecule has 0 bridgehead atoms. The molecule has 0 aliphatic rings. The van der Waals surface area contributed by atoms with Gasteiger partial charge in [0, 0.05) is 28.2 Å². The quantitative estimate of drug-likeness (QED) is 0.417. The molecule has 2 rings (SSSR count). The van der Waals surface area contributed by atoms with Crippen LogP contribution in [0.3, 0.4) is 0 Å². The van der Waals surface area contributed by atoms with Crippen molar-refractivity contribution in [1.82, 2.24) is 0 Å². The predicted molar refractivity (Wildman–Crippen MR) is 104 cm³/mol. The highest BCUT2D eigenvalue weighted by Crippen LogP contribution is 2.17. The lowest BCUT2D eigenvalue weighted by Gasteiger charge is -2.05. The third kappa shape index (κ3) is 5.97. The van der Waals surface area contributed by atoms with E-state index in [4.69, 9.17) is 4.74 Å². The fraction of sp³-hybridized carbons (Fsp3) is 0.150. The van der Waals surface area contributed by atoms with Crippen molar-refractivity contribution >= 4 is 45.4 Å². The van der Waals surface area contributed by atoms with Crippen molar-refractivity contribution in [2.45, 2.75) is 13.3 Å². The number of anilines is 1. The zero-order valence-electron chi connectivity index (χ0n) is 14.2. The Labute approximate surface area is 160 Å². The smallest absolute Gasteiger partial charge is 0.331 e. The molecular weight excluding hydrogens is 398 g/mol. The summed E-state index contributed by atoms with van der Waals surface area (Å²) in [7, 11) is 0. The number of amides is 1. The van der Waals surface area contributed by atoms with Gasteiger partial charge in [0.1, 0.15) is 0 Å². The fourth-order valence-electron chi connectivity index (χ4n) is 2.03. The SMILES string of the molecule is CCC(=O)Nc1ccc(C(=O)COC(=O)/C=C/c2ccccc2Br)cc1. The molecule has 0 aliphatic carbocycles. The lowest BCUT2D eigenvalue weighted by molar-refractivity contribution is -0.136. The first kappa shape index (κ1) is 19.6. The van der Waals surface area contributed by atoms with E-state index in [1.165, 1.54) is 6.08 Å². The van der Waals surface area contributed by atoms with E-state index >= 15 is 0 Å².